The van der Waals surface area contributed by atoms with Crippen molar-refractivity contribution in [3.63, 3.8) is 0 Å². The van der Waals surface area contributed by atoms with Gasteiger partial charge in [-0.2, -0.15) is 0 Å². The molecule has 1 aromatic carbocycles. The zero-order valence-corrected chi connectivity index (χ0v) is 13.5. The predicted molar refractivity (Wildman–Crippen MR) is 89.6 cm³/mol. The van der Waals surface area contributed by atoms with Crippen LogP contribution in [0.15, 0.2) is 36.4 Å². The Bertz CT molecular complexity index is 548. The quantitative estimate of drug-likeness (QED) is 0.851. The van der Waals surface area contributed by atoms with Gasteiger partial charge in [-0.15, -0.1) is 0 Å². The second-order valence-corrected chi connectivity index (χ2v) is 7.18. The van der Waals surface area contributed by atoms with Crippen LogP contribution in [0.3, 0.4) is 0 Å². The second kappa shape index (κ2) is 5.96. The molecular weight excluding hydrogens is 272 g/mol. The zero-order chi connectivity index (χ0) is 14.9. The lowest BCUT2D eigenvalue weighted by atomic mass is 9.93. The third-order valence-corrected chi connectivity index (χ3v) is 5.86. The van der Waals surface area contributed by atoms with Gasteiger partial charge in [-0.05, 0) is 36.8 Å². The number of allylic oxidation sites excluding steroid dienone is 2. The average Bonchev–Trinajstić information content (AvgIpc) is 3.18. The van der Waals surface area contributed by atoms with Gasteiger partial charge in [-0.25, -0.2) is 0 Å². The molecule has 2 fully saturated rings. The minimum Gasteiger partial charge on any atom is -0.497 e. The van der Waals surface area contributed by atoms with Gasteiger partial charge in [0.2, 0.25) is 0 Å². The number of fused-ring (bicyclic) bond motifs is 2. The fraction of sp³-hybridized carbons (Fsp3) is 0.579. The molecule has 4 rings (SSSR count). The van der Waals surface area contributed by atoms with E-state index in [0.717, 1.165) is 23.5 Å². The maximum Gasteiger partial charge on any atom is 0.120 e. The summed E-state index contributed by atoms with van der Waals surface area (Å²) in [6, 6.07) is 8.47. The van der Waals surface area contributed by atoms with Crippen molar-refractivity contribution in [1.82, 2.24) is 0 Å². The highest BCUT2D eigenvalue weighted by atomic mass is 16.5. The number of nitrogens with zero attached hydrogens (tertiary/aromatic N) is 1. The van der Waals surface area contributed by atoms with Crippen LogP contribution >= 0.6 is 0 Å². The number of rotatable bonds is 4. The van der Waals surface area contributed by atoms with Crippen LogP contribution in [-0.4, -0.2) is 39.8 Å². The molecule has 1 saturated heterocycles. The van der Waals surface area contributed by atoms with Gasteiger partial charge in [-0.3, -0.25) is 0 Å². The van der Waals surface area contributed by atoms with E-state index in [1.54, 1.807) is 7.11 Å². The lowest BCUT2D eigenvalue weighted by molar-refractivity contribution is -0.904. The van der Waals surface area contributed by atoms with E-state index in [4.69, 9.17) is 4.74 Å². The number of piperazine rings is 1. The Morgan fingerprint density at radius 1 is 1.18 bits per heavy atom. The Hall–Kier alpha value is -1.48. The molecule has 3 nitrogen and oxygen atoms in total. The van der Waals surface area contributed by atoms with Crippen molar-refractivity contribution in [1.29, 1.82) is 0 Å². The standard InChI is InChI=1S/C19H26N2O/c1-22-19-4-2-3-18(13-19)21-9-7-20(8-10-21)14-17-12-15-5-6-16(17)11-15/h2-6,13,15-17H,7-12,14H2,1H3/p+1/t15-,16-,17+/m1/s1. The summed E-state index contributed by atoms with van der Waals surface area (Å²) in [7, 11) is 1.74. The molecular formula is C19H27N2O+. The highest BCUT2D eigenvalue weighted by molar-refractivity contribution is 5.50. The van der Waals surface area contributed by atoms with Crippen LogP contribution < -0.4 is 14.5 Å². The van der Waals surface area contributed by atoms with E-state index in [1.165, 1.54) is 51.3 Å². The molecule has 0 spiro atoms. The summed E-state index contributed by atoms with van der Waals surface area (Å²) in [5.41, 5.74) is 1.31. The van der Waals surface area contributed by atoms with Gasteiger partial charge in [0.05, 0.1) is 39.8 Å². The molecule has 1 N–H and O–H groups in total. The van der Waals surface area contributed by atoms with E-state index in [9.17, 15) is 0 Å². The van der Waals surface area contributed by atoms with E-state index in [2.05, 4.69) is 35.3 Å². The van der Waals surface area contributed by atoms with Crippen LogP contribution in [0.5, 0.6) is 5.75 Å². The van der Waals surface area contributed by atoms with E-state index in [1.807, 2.05) is 11.0 Å². The van der Waals surface area contributed by atoms with Crippen molar-refractivity contribution in [3.05, 3.63) is 36.4 Å². The second-order valence-electron chi connectivity index (χ2n) is 7.18. The molecule has 1 aliphatic heterocycles. The monoisotopic (exact) mass is 299 g/mol. The molecule has 0 amide bonds. The van der Waals surface area contributed by atoms with Gasteiger partial charge in [0.25, 0.3) is 0 Å². The van der Waals surface area contributed by atoms with Crippen molar-refractivity contribution in [2.45, 2.75) is 12.8 Å². The maximum atomic E-state index is 5.35. The summed E-state index contributed by atoms with van der Waals surface area (Å²) in [6.07, 6.45) is 7.83. The number of nitrogens with one attached hydrogen (secondary N) is 1. The molecule has 0 aromatic heterocycles. The molecule has 3 atom stereocenters. The third-order valence-electron chi connectivity index (χ3n) is 5.86. The Morgan fingerprint density at radius 2 is 2.05 bits per heavy atom. The van der Waals surface area contributed by atoms with Crippen LogP contribution in [0.2, 0.25) is 0 Å². The number of ether oxygens (including phenoxy) is 1. The predicted octanol–water partition coefficient (Wildman–Crippen LogP) is 1.61. The molecule has 3 heteroatoms. The first-order valence-electron chi connectivity index (χ1n) is 8.73. The highest BCUT2D eigenvalue weighted by Crippen LogP contribution is 2.42. The lowest BCUT2D eigenvalue weighted by Crippen LogP contribution is -3.15. The van der Waals surface area contributed by atoms with Crippen LogP contribution in [0.4, 0.5) is 5.69 Å². The maximum absolute atomic E-state index is 5.35. The number of benzene rings is 1. The van der Waals surface area contributed by atoms with Crippen LogP contribution in [-0.2, 0) is 0 Å². The van der Waals surface area contributed by atoms with E-state index in [-0.39, 0.29) is 0 Å². The SMILES string of the molecule is COc1cccc(N2CC[NH+](C[C@@H]3C[C@@H]4C=C[C@@H]3C4)CC2)c1. The largest absolute Gasteiger partial charge is 0.497 e. The molecule has 0 unspecified atom stereocenters. The van der Waals surface area contributed by atoms with Gasteiger partial charge >= 0.3 is 0 Å². The van der Waals surface area contributed by atoms with E-state index < -0.39 is 0 Å². The number of hydrogen-bond donors (Lipinski definition) is 1. The van der Waals surface area contributed by atoms with Crippen LogP contribution in [0.25, 0.3) is 0 Å². The van der Waals surface area contributed by atoms with Crippen molar-refractivity contribution < 1.29 is 9.64 Å². The van der Waals surface area contributed by atoms with Crippen LogP contribution in [0, 0.1) is 17.8 Å². The molecule has 2 aliphatic carbocycles. The summed E-state index contributed by atoms with van der Waals surface area (Å²) in [5, 5.41) is 0. The first-order chi connectivity index (χ1) is 10.8. The van der Waals surface area contributed by atoms with Gasteiger partial charge in [0, 0.05) is 17.7 Å². The smallest absolute Gasteiger partial charge is 0.120 e. The number of methoxy groups -OCH3 is 1. The van der Waals surface area contributed by atoms with Crippen molar-refractivity contribution >= 4 is 5.69 Å². The summed E-state index contributed by atoms with van der Waals surface area (Å²) >= 11 is 0. The first kappa shape index (κ1) is 14.1. The Balaban J connectivity index is 1.31. The summed E-state index contributed by atoms with van der Waals surface area (Å²) in [5.74, 6) is 3.72. The highest BCUT2D eigenvalue weighted by Gasteiger charge is 2.38. The summed E-state index contributed by atoms with van der Waals surface area (Å²) in [6.45, 7) is 6.26. The van der Waals surface area contributed by atoms with Crippen molar-refractivity contribution in [2.24, 2.45) is 17.8 Å². The lowest BCUT2D eigenvalue weighted by Gasteiger charge is -2.35. The fourth-order valence-corrected chi connectivity index (χ4v) is 4.59. The number of quaternary nitrogens is 1. The molecule has 0 radical (unpaired) electrons. The number of anilines is 1. The van der Waals surface area contributed by atoms with Gasteiger partial charge in [0.1, 0.15) is 5.75 Å². The van der Waals surface area contributed by atoms with Gasteiger partial charge in [0.15, 0.2) is 0 Å². The molecule has 1 heterocycles. The first-order valence-corrected chi connectivity index (χ1v) is 8.73. The molecule has 3 aliphatic rings. The molecule has 1 aromatic rings. The van der Waals surface area contributed by atoms with Gasteiger partial charge < -0.3 is 14.5 Å². The molecule has 118 valence electrons. The van der Waals surface area contributed by atoms with E-state index in [0.29, 0.717) is 0 Å². The molecule has 2 bridgehead atoms. The number of hydrogen-bond acceptors (Lipinski definition) is 2. The Kier molecular flexibility index (Phi) is 3.83. The third kappa shape index (κ3) is 2.74. The van der Waals surface area contributed by atoms with Gasteiger partial charge in [-0.1, -0.05) is 18.2 Å². The topological polar surface area (TPSA) is 16.9 Å². The normalized spacial score (nSPS) is 31.0. The fourth-order valence-electron chi connectivity index (χ4n) is 4.59. The van der Waals surface area contributed by atoms with Crippen LogP contribution in [0.1, 0.15) is 12.8 Å². The zero-order valence-electron chi connectivity index (χ0n) is 13.5. The van der Waals surface area contributed by atoms with Crippen molar-refractivity contribution in [2.75, 3.05) is 44.7 Å². The minimum atomic E-state index is 0.897. The summed E-state index contributed by atoms with van der Waals surface area (Å²) in [4.78, 5) is 4.32. The Morgan fingerprint density at radius 3 is 2.73 bits per heavy atom. The van der Waals surface area contributed by atoms with E-state index >= 15 is 0 Å². The molecule has 1 saturated carbocycles. The average molecular weight is 299 g/mol. The minimum absolute atomic E-state index is 0.897. The molecule has 22 heavy (non-hydrogen) atoms. The Labute approximate surface area is 133 Å². The van der Waals surface area contributed by atoms with Crippen molar-refractivity contribution in [3.8, 4) is 5.75 Å². The summed E-state index contributed by atoms with van der Waals surface area (Å²) < 4.78 is 5.35.